The molecule has 0 saturated carbocycles. The maximum atomic E-state index is 14.8. The number of halogens is 2. The Kier molecular flexibility index (Phi) is 6.19. The Labute approximate surface area is 174 Å². The van der Waals surface area contributed by atoms with E-state index in [-0.39, 0.29) is 22.6 Å². The van der Waals surface area contributed by atoms with Gasteiger partial charge < -0.3 is 21.7 Å². The van der Waals surface area contributed by atoms with E-state index in [4.69, 9.17) is 16.7 Å². The lowest BCUT2D eigenvalue weighted by atomic mass is 9.68. The van der Waals surface area contributed by atoms with Gasteiger partial charge in [-0.15, -0.1) is 0 Å². The van der Waals surface area contributed by atoms with Crippen molar-refractivity contribution in [3.63, 3.8) is 0 Å². The summed E-state index contributed by atoms with van der Waals surface area (Å²) in [5.74, 6) is -1.64. The van der Waals surface area contributed by atoms with Crippen LogP contribution in [-0.2, 0) is 10.3 Å². The molecule has 0 unspecified atom stereocenters. The average molecular weight is 413 g/mol. The summed E-state index contributed by atoms with van der Waals surface area (Å²) < 4.78 is 29.0. The van der Waals surface area contributed by atoms with E-state index in [0.29, 0.717) is 5.69 Å². The summed E-state index contributed by atoms with van der Waals surface area (Å²) in [5, 5.41) is 11.7. The molecule has 2 aromatic carbocycles. The summed E-state index contributed by atoms with van der Waals surface area (Å²) in [7, 11) is 1.46. The summed E-state index contributed by atoms with van der Waals surface area (Å²) in [5.41, 5.74) is 10.1. The molecular weight excluding hydrogens is 388 g/mol. The van der Waals surface area contributed by atoms with Crippen LogP contribution in [0.25, 0.3) is 0 Å². The van der Waals surface area contributed by atoms with Gasteiger partial charge in [0.25, 0.3) is 0 Å². The third-order valence-corrected chi connectivity index (χ3v) is 5.47. The maximum Gasteiger partial charge on any atom is 0.235 e. The van der Waals surface area contributed by atoms with Crippen LogP contribution >= 0.6 is 0 Å². The molecule has 30 heavy (non-hydrogen) atoms. The Morgan fingerprint density at radius 2 is 1.80 bits per heavy atom. The first kappa shape index (κ1) is 22.8. The fourth-order valence-corrected chi connectivity index (χ4v) is 2.95. The predicted molar refractivity (Wildman–Crippen MR) is 112 cm³/mol. The number of hydrogen-bond acceptors (Lipinski definition) is 5. The Hall–Kier alpha value is -3.44. The van der Waals surface area contributed by atoms with Gasteiger partial charge in [-0.3, -0.25) is 4.79 Å². The van der Waals surface area contributed by atoms with Crippen molar-refractivity contribution >= 4 is 17.3 Å². The molecule has 1 atom stereocenters. The van der Waals surface area contributed by atoms with Gasteiger partial charge in [0.1, 0.15) is 11.6 Å². The summed E-state index contributed by atoms with van der Waals surface area (Å²) in [6, 6.07) is 9.86. The standard InChI is InChI=1S/C22H25F2N5O/c1-13(26)29(5)20(30)21(2,3)22(4,27)16-11-15(7-8-17(16)23)28-19-9-6-14(12-25)10-18(19)24/h6-11,28H,1,26-27H2,2-5H3/t22-/m1/s1. The van der Waals surface area contributed by atoms with E-state index in [1.807, 2.05) is 6.07 Å². The molecule has 0 fully saturated rings. The van der Waals surface area contributed by atoms with Crippen LogP contribution in [0.3, 0.4) is 0 Å². The van der Waals surface area contributed by atoms with Gasteiger partial charge in [0.15, 0.2) is 0 Å². The zero-order valence-corrected chi connectivity index (χ0v) is 17.4. The monoisotopic (exact) mass is 413 g/mol. The molecule has 2 rings (SSSR count). The van der Waals surface area contributed by atoms with Crippen LogP contribution in [0.4, 0.5) is 20.2 Å². The molecule has 0 aromatic heterocycles. The third-order valence-electron chi connectivity index (χ3n) is 5.47. The highest BCUT2D eigenvalue weighted by Gasteiger charge is 2.47. The fourth-order valence-electron chi connectivity index (χ4n) is 2.95. The van der Waals surface area contributed by atoms with Gasteiger partial charge in [-0.1, -0.05) is 6.58 Å². The highest BCUT2D eigenvalue weighted by Crippen LogP contribution is 2.41. The second-order valence-corrected chi connectivity index (χ2v) is 7.81. The lowest BCUT2D eigenvalue weighted by Gasteiger charge is -2.42. The van der Waals surface area contributed by atoms with Crippen molar-refractivity contribution in [3.8, 4) is 6.07 Å². The van der Waals surface area contributed by atoms with Gasteiger partial charge in [0.2, 0.25) is 5.91 Å². The van der Waals surface area contributed by atoms with Gasteiger partial charge in [0.05, 0.1) is 34.1 Å². The van der Waals surface area contributed by atoms with Crippen molar-refractivity contribution in [2.24, 2.45) is 16.9 Å². The first-order valence-corrected chi connectivity index (χ1v) is 9.11. The second kappa shape index (κ2) is 8.13. The molecule has 0 aliphatic rings. The molecule has 0 saturated heterocycles. The topological polar surface area (TPSA) is 108 Å². The van der Waals surface area contributed by atoms with E-state index < -0.39 is 28.5 Å². The lowest BCUT2D eigenvalue weighted by molar-refractivity contribution is -0.141. The predicted octanol–water partition coefficient (Wildman–Crippen LogP) is 3.67. The zero-order chi connectivity index (χ0) is 22.9. The summed E-state index contributed by atoms with van der Waals surface area (Å²) in [4.78, 5) is 14.1. The number of nitriles is 1. The van der Waals surface area contributed by atoms with Crippen LogP contribution in [0.2, 0.25) is 0 Å². The first-order valence-electron chi connectivity index (χ1n) is 9.11. The van der Waals surface area contributed by atoms with Crippen LogP contribution in [0.5, 0.6) is 0 Å². The second-order valence-electron chi connectivity index (χ2n) is 7.81. The first-order chi connectivity index (χ1) is 13.8. The van der Waals surface area contributed by atoms with Gasteiger partial charge in [-0.25, -0.2) is 8.78 Å². The number of carbonyl (C=O) groups excluding carboxylic acids is 1. The number of amides is 1. The van der Waals surface area contributed by atoms with Crippen molar-refractivity contribution in [3.05, 3.63) is 71.6 Å². The highest BCUT2D eigenvalue weighted by atomic mass is 19.1. The average Bonchev–Trinajstić information content (AvgIpc) is 2.69. The molecule has 0 aliphatic heterocycles. The van der Waals surface area contributed by atoms with E-state index in [1.165, 1.54) is 37.4 Å². The third kappa shape index (κ3) is 4.11. The number of hydrogen-bond donors (Lipinski definition) is 3. The SMILES string of the molecule is C=C(N)N(C)C(=O)C(C)(C)[C@](C)(N)c1cc(Nc2ccc(C#N)cc2F)ccc1F. The van der Waals surface area contributed by atoms with Crippen LogP contribution in [0.15, 0.2) is 48.8 Å². The molecule has 8 heteroatoms. The number of nitrogens with zero attached hydrogens (tertiary/aromatic N) is 2. The van der Waals surface area contributed by atoms with E-state index in [0.717, 1.165) is 11.0 Å². The van der Waals surface area contributed by atoms with Crippen molar-refractivity contribution in [1.82, 2.24) is 4.90 Å². The summed E-state index contributed by atoms with van der Waals surface area (Å²) in [6.07, 6.45) is 0. The zero-order valence-electron chi connectivity index (χ0n) is 17.4. The molecule has 5 N–H and O–H groups in total. The Bertz CT molecular complexity index is 1040. The minimum absolute atomic E-state index is 0.0380. The van der Waals surface area contributed by atoms with Crippen molar-refractivity contribution in [2.45, 2.75) is 26.3 Å². The molecule has 0 heterocycles. The van der Waals surface area contributed by atoms with Crippen molar-refractivity contribution in [1.29, 1.82) is 5.26 Å². The van der Waals surface area contributed by atoms with Crippen molar-refractivity contribution in [2.75, 3.05) is 12.4 Å². The van der Waals surface area contributed by atoms with Gasteiger partial charge in [0, 0.05) is 18.3 Å². The Morgan fingerprint density at radius 1 is 1.17 bits per heavy atom. The quantitative estimate of drug-likeness (QED) is 0.670. The van der Waals surface area contributed by atoms with Gasteiger partial charge >= 0.3 is 0 Å². The van der Waals surface area contributed by atoms with Gasteiger partial charge in [-0.05, 0) is 57.2 Å². The summed E-state index contributed by atoms with van der Waals surface area (Å²) >= 11 is 0. The van der Waals surface area contributed by atoms with Crippen molar-refractivity contribution < 1.29 is 13.6 Å². The normalized spacial score (nSPS) is 13.1. The number of rotatable bonds is 6. The molecule has 0 radical (unpaired) electrons. The van der Waals surface area contributed by atoms with Crippen LogP contribution < -0.4 is 16.8 Å². The molecule has 0 bridgehead atoms. The molecular formula is C22H25F2N5O. The minimum Gasteiger partial charge on any atom is -0.386 e. The number of benzene rings is 2. The highest BCUT2D eigenvalue weighted by molar-refractivity contribution is 5.85. The molecule has 158 valence electrons. The van der Waals surface area contributed by atoms with E-state index in [2.05, 4.69) is 11.9 Å². The van der Waals surface area contributed by atoms with Crippen LogP contribution in [-0.4, -0.2) is 17.9 Å². The molecule has 2 aromatic rings. The molecule has 0 aliphatic carbocycles. The molecule has 6 nitrogen and oxygen atoms in total. The van der Waals surface area contributed by atoms with E-state index in [1.54, 1.807) is 20.8 Å². The van der Waals surface area contributed by atoms with Crippen LogP contribution in [0.1, 0.15) is 31.9 Å². The minimum atomic E-state index is -1.45. The largest absolute Gasteiger partial charge is 0.386 e. The van der Waals surface area contributed by atoms with Crippen LogP contribution in [0, 0.1) is 28.4 Å². The fraction of sp³-hybridized carbons (Fsp3) is 0.273. The van der Waals surface area contributed by atoms with Gasteiger partial charge in [-0.2, -0.15) is 5.26 Å². The number of nitrogens with two attached hydrogens (primary N) is 2. The number of nitrogens with one attached hydrogen (secondary N) is 1. The summed E-state index contributed by atoms with van der Waals surface area (Å²) in [6.45, 7) is 8.27. The molecule has 1 amide bonds. The number of anilines is 2. The Balaban J connectivity index is 2.46. The maximum absolute atomic E-state index is 14.8. The Morgan fingerprint density at radius 3 is 2.33 bits per heavy atom. The molecule has 0 spiro atoms. The van der Waals surface area contributed by atoms with E-state index in [9.17, 15) is 13.6 Å². The van der Waals surface area contributed by atoms with E-state index >= 15 is 0 Å². The lowest BCUT2D eigenvalue weighted by Crippen LogP contribution is -2.56. The number of carbonyl (C=O) groups is 1. The smallest absolute Gasteiger partial charge is 0.235 e.